The number of nitrogens with one attached hydrogen (secondary N) is 2. The van der Waals surface area contributed by atoms with Crippen molar-refractivity contribution in [3.05, 3.63) is 143 Å². The minimum atomic E-state index is -0.521. The van der Waals surface area contributed by atoms with Crippen molar-refractivity contribution in [3.63, 3.8) is 0 Å². The van der Waals surface area contributed by atoms with Gasteiger partial charge in [0.05, 0.1) is 17.2 Å². The molecule has 1 aromatic heterocycles. The summed E-state index contributed by atoms with van der Waals surface area (Å²) in [5.41, 5.74) is 8.49. The van der Waals surface area contributed by atoms with Crippen LogP contribution in [0.25, 0.3) is 11.3 Å². The van der Waals surface area contributed by atoms with Gasteiger partial charge in [0.1, 0.15) is 37.7 Å². The monoisotopic (exact) mass is 753 g/mol. The number of aliphatic imine (C=N–C) groups is 1. The molecule has 3 aromatic carbocycles. The molecule has 10 heteroatoms. The van der Waals surface area contributed by atoms with Crippen molar-refractivity contribution in [3.8, 4) is 11.3 Å². The van der Waals surface area contributed by atoms with E-state index in [4.69, 9.17) is 24.2 Å². The van der Waals surface area contributed by atoms with E-state index in [1.807, 2.05) is 73.8 Å². The standard InChI is InChI=1S/C46H51N5O5/c1-31-45(55-30-36-12-8-5-9-13-36)44(46(53)48-28-43(52)54-29-35-10-6-4-7-11-35)50-42(49-31)26-34-22-24-51(25-23-34)40-19-16-38(17-20-40)41-21-18-39(27-47-41)33(3)56-32(2)37-14-15-37/h4-13,16-21,27,33-34,42,50H,14-15,22-26,28-30H2,1-3H3,(H,48,53). The number of hydrogen-bond donors (Lipinski definition) is 2. The number of benzene rings is 3. The highest BCUT2D eigenvalue weighted by molar-refractivity contribution is 6.06. The SMILES string of the molecule is CC1=NC(CC2CCN(c3ccc(-c4ccc(C(C)OC(C)=C5CC5)cn4)cc3)CC2)NC(C(=O)NCC(=O)OCc2ccccc2)=C1OCc1ccccc1. The molecular formula is C46H51N5O5. The second kappa shape index (κ2) is 18.2. The lowest BCUT2D eigenvalue weighted by Crippen LogP contribution is -2.44. The summed E-state index contributed by atoms with van der Waals surface area (Å²) in [7, 11) is 0. The number of anilines is 1. The number of carbonyl (C=O) groups excluding carboxylic acids is 2. The van der Waals surface area contributed by atoms with Crippen molar-refractivity contribution in [1.29, 1.82) is 0 Å². The summed E-state index contributed by atoms with van der Waals surface area (Å²) in [6.45, 7) is 8.01. The number of esters is 1. The van der Waals surface area contributed by atoms with Gasteiger partial charge in [-0.1, -0.05) is 78.9 Å². The van der Waals surface area contributed by atoms with Crippen LogP contribution >= 0.6 is 0 Å². The van der Waals surface area contributed by atoms with Crippen LogP contribution in [0.2, 0.25) is 0 Å². The number of pyridine rings is 1. The van der Waals surface area contributed by atoms with Gasteiger partial charge in [0.15, 0.2) is 5.76 Å². The number of hydrogen-bond acceptors (Lipinski definition) is 9. The molecule has 1 saturated heterocycles. The molecule has 0 spiro atoms. The Hall–Kier alpha value is -5.90. The Kier molecular flexibility index (Phi) is 12.4. The average molecular weight is 754 g/mol. The summed E-state index contributed by atoms with van der Waals surface area (Å²) >= 11 is 0. The van der Waals surface area contributed by atoms with Gasteiger partial charge in [-0.25, -0.2) is 0 Å². The minimum absolute atomic E-state index is 0.0258. The van der Waals surface area contributed by atoms with E-state index >= 15 is 0 Å². The zero-order chi connectivity index (χ0) is 38.9. The van der Waals surface area contributed by atoms with Gasteiger partial charge >= 0.3 is 5.97 Å². The molecule has 2 fully saturated rings. The highest BCUT2D eigenvalue weighted by atomic mass is 16.5. The first-order valence-corrected chi connectivity index (χ1v) is 19.7. The van der Waals surface area contributed by atoms with E-state index in [1.165, 1.54) is 11.3 Å². The van der Waals surface area contributed by atoms with Gasteiger partial charge in [0, 0.05) is 36.1 Å². The van der Waals surface area contributed by atoms with Gasteiger partial charge < -0.3 is 29.7 Å². The van der Waals surface area contributed by atoms with Gasteiger partial charge in [-0.15, -0.1) is 0 Å². The maximum atomic E-state index is 13.6. The van der Waals surface area contributed by atoms with E-state index < -0.39 is 11.9 Å². The second-order valence-electron chi connectivity index (χ2n) is 14.8. The van der Waals surface area contributed by atoms with Gasteiger partial charge in [-0.3, -0.25) is 19.6 Å². The van der Waals surface area contributed by atoms with Crippen LogP contribution < -0.4 is 15.5 Å². The molecule has 3 aliphatic rings. The van der Waals surface area contributed by atoms with Gasteiger partial charge in [-0.2, -0.15) is 0 Å². The summed E-state index contributed by atoms with van der Waals surface area (Å²) in [4.78, 5) is 38.3. The lowest BCUT2D eigenvalue weighted by molar-refractivity contribution is -0.144. The largest absolute Gasteiger partial charge is 0.491 e. The minimum Gasteiger partial charge on any atom is -0.491 e. The molecule has 0 radical (unpaired) electrons. The fourth-order valence-electron chi connectivity index (χ4n) is 7.19. The van der Waals surface area contributed by atoms with Crippen molar-refractivity contribution < 1.29 is 23.8 Å². The Morgan fingerprint density at radius 2 is 1.57 bits per heavy atom. The van der Waals surface area contributed by atoms with Crippen LogP contribution in [0.5, 0.6) is 0 Å². The third-order valence-corrected chi connectivity index (χ3v) is 10.6. The number of allylic oxidation sites excluding steroid dienone is 3. The number of piperidine rings is 1. The van der Waals surface area contributed by atoms with Crippen molar-refractivity contribution >= 4 is 23.3 Å². The third kappa shape index (κ3) is 10.2. The van der Waals surface area contributed by atoms with E-state index in [2.05, 4.69) is 65.8 Å². The number of amides is 1. The van der Waals surface area contributed by atoms with Gasteiger partial charge in [0.25, 0.3) is 5.91 Å². The Morgan fingerprint density at radius 1 is 0.893 bits per heavy atom. The van der Waals surface area contributed by atoms with Crippen LogP contribution in [-0.4, -0.2) is 48.4 Å². The lowest BCUT2D eigenvalue weighted by atomic mass is 9.91. The Labute approximate surface area is 329 Å². The Morgan fingerprint density at radius 3 is 2.21 bits per heavy atom. The van der Waals surface area contributed by atoms with Crippen molar-refractivity contribution in [2.75, 3.05) is 24.5 Å². The lowest BCUT2D eigenvalue weighted by Gasteiger charge is -2.35. The molecule has 10 nitrogen and oxygen atoms in total. The van der Waals surface area contributed by atoms with E-state index in [-0.39, 0.29) is 37.7 Å². The molecule has 2 N–H and O–H groups in total. The molecule has 1 aliphatic carbocycles. The van der Waals surface area contributed by atoms with Crippen LogP contribution in [0, 0.1) is 5.92 Å². The van der Waals surface area contributed by atoms with Crippen LogP contribution in [0.4, 0.5) is 5.69 Å². The molecule has 4 aromatic rings. The van der Waals surface area contributed by atoms with Crippen LogP contribution in [-0.2, 0) is 37.0 Å². The highest BCUT2D eigenvalue weighted by Gasteiger charge is 2.30. The predicted molar refractivity (Wildman–Crippen MR) is 218 cm³/mol. The molecule has 7 rings (SSSR count). The molecule has 0 bridgehead atoms. The zero-order valence-electron chi connectivity index (χ0n) is 32.5. The molecule has 2 unspecified atom stereocenters. The molecule has 290 valence electrons. The van der Waals surface area contributed by atoms with Gasteiger partial charge in [0.2, 0.25) is 0 Å². The van der Waals surface area contributed by atoms with E-state index in [9.17, 15) is 9.59 Å². The molecular weight excluding hydrogens is 703 g/mol. The molecule has 1 saturated carbocycles. The summed E-state index contributed by atoms with van der Waals surface area (Å²) < 4.78 is 17.7. The average Bonchev–Trinajstić information content (AvgIpc) is 4.09. The molecule has 2 atom stereocenters. The van der Waals surface area contributed by atoms with Crippen molar-refractivity contribution in [2.24, 2.45) is 10.9 Å². The van der Waals surface area contributed by atoms with Crippen molar-refractivity contribution in [1.82, 2.24) is 15.6 Å². The quantitative estimate of drug-likeness (QED) is 0.0924. The Bertz CT molecular complexity index is 2050. The summed E-state index contributed by atoms with van der Waals surface area (Å²) in [5.74, 6) is 0.894. The maximum absolute atomic E-state index is 13.6. The van der Waals surface area contributed by atoms with E-state index in [1.54, 1.807) is 0 Å². The molecule has 56 heavy (non-hydrogen) atoms. The first-order chi connectivity index (χ1) is 27.3. The number of rotatable bonds is 15. The summed E-state index contributed by atoms with van der Waals surface area (Å²) in [6, 6.07) is 32.1. The Balaban J connectivity index is 0.924. The highest BCUT2D eigenvalue weighted by Crippen LogP contribution is 2.34. The molecule has 1 amide bonds. The summed E-state index contributed by atoms with van der Waals surface area (Å²) in [6.07, 6.45) is 6.69. The van der Waals surface area contributed by atoms with Crippen LogP contribution in [0.15, 0.2) is 131 Å². The smallest absolute Gasteiger partial charge is 0.325 e. The first kappa shape index (κ1) is 38.4. The number of nitrogens with zero attached hydrogens (tertiary/aromatic N) is 3. The fourth-order valence-corrected chi connectivity index (χ4v) is 7.19. The molecule has 3 heterocycles. The van der Waals surface area contributed by atoms with Crippen LogP contribution in [0.1, 0.15) is 75.7 Å². The fraction of sp³-hybridized carbons (Fsp3) is 0.348. The summed E-state index contributed by atoms with van der Waals surface area (Å²) in [5, 5.41) is 6.09. The second-order valence-corrected chi connectivity index (χ2v) is 14.8. The number of aromatic nitrogens is 1. The number of ether oxygens (including phenoxy) is 3. The zero-order valence-corrected chi connectivity index (χ0v) is 32.5. The van der Waals surface area contributed by atoms with E-state index in [0.29, 0.717) is 17.4 Å². The topological polar surface area (TPSA) is 114 Å². The first-order valence-electron chi connectivity index (χ1n) is 19.7. The maximum Gasteiger partial charge on any atom is 0.325 e. The van der Waals surface area contributed by atoms with Crippen molar-refractivity contribution in [2.45, 2.75) is 78.4 Å². The third-order valence-electron chi connectivity index (χ3n) is 10.6. The van der Waals surface area contributed by atoms with E-state index in [0.717, 1.165) is 78.9 Å². The molecule has 2 aliphatic heterocycles. The predicted octanol–water partition coefficient (Wildman–Crippen LogP) is 8.18. The van der Waals surface area contributed by atoms with Crippen LogP contribution in [0.3, 0.4) is 0 Å². The van der Waals surface area contributed by atoms with Gasteiger partial charge in [-0.05, 0) is 93.7 Å². The normalized spacial score (nSPS) is 17.3. The number of carbonyl (C=O) groups is 2.